The molecule has 2 rings (SSSR count). The van der Waals surface area contributed by atoms with Gasteiger partial charge in [-0.15, -0.1) is 0 Å². The quantitative estimate of drug-likeness (QED) is 0.587. The molecule has 0 spiro atoms. The van der Waals surface area contributed by atoms with Gasteiger partial charge in [0.15, 0.2) is 0 Å². The maximum atomic E-state index is 9.49. The molecule has 0 saturated heterocycles. The predicted molar refractivity (Wildman–Crippen MR) is 58.5 cm³/mol. The Labute approximate surface area is 78.4 Å². The highest BCUT2D eigenvalue weighted by atomic mass is 16.3. The Hall–Kier alpha value is -1.44. The van der Waals surface area contributed by atoms with Crippen LogP contribution in [0.5, 0.6) is 5.75 Å². The molecule has 1 nitrogen and oxygen atoms in total. The molecule has 0 aliphatic carbocycles. The average Bonchev–Trinajstić information content (AvgIpc) is 2.12. The fourth-order valence-corrected chi connectivity index (χ4v) is 1.59. The van der Waals surface area contributed by atoms with Crippen molar-refractivity contribution >= 4 is 24.1 Å². The molecular weight excluding hydrogens is 159 g/mol. The SMILES string of the molecule is Bc1c(O)ccc2cc(C)ccc12. The molecule has 0 aromatic heterocycles. The van der Waals surface area contributed by atoms with E-state index >= 15 is 0 Å². The van der Waals surface area contributed by atoms with Crippen LogP contribution in [-0.4, -0.2) is 13.0 Å². The summed E-state index contributed by atoms with van der Waals surface area (Å²) in [6, 6.07) is 9.94. The molecule has 2 heteroatoms. The van der Waals surface area contributed by atoms with Crippen molar-refractivity contribution in [3.63, 3.8) is 0 Å². The van der Waals surface area contributed by atoms with Gasteiger partial charge in [-0.1, -0.05) is 29.8 Å². The molecule has 0 bridgehead atoms. The summed E-state index contributed by atoms with van der Waals surface area (Å²) in [5.74, 6) is 0.372. The third-order valence-corrected chi connectivity index (χ3v) is 2.42. The Morgan fingerprint density at radius 3 is 2.69 bits per heavy atom. The molecule has 0 fully saturated rings. The maximum Gasteiger partial charge on any atom is 0.145 e. The van der Waals surface area contributed by atoms with E-state index in [1.807, 2.05) is 13.9 Å². The minimum Gasteiger partial charge on any atom is -0.509 e. The van der Waals surface area contributed by atoms with Crippen molar-refractivity contribution in [3.05, 3.63) is 35.9 Å². The van der Waals surface area contributed by atoms with Crippen molar-refractivity contribution in [1.29, 1.82) is 0 Å². The minimum atomic E-state index is 0.372. The lowest BCUT2D eigenvalue weighted by Gasteiger charge is -2.05. The van der Waals surface area contributed by atoms with Crippen LogP contribution in [0.15, 0.2) is 30.3 Å². The van der Waals surface area contributed by atoms with Crippen molar-refractivity contribution in [3.8, 4) is 5.75 Å². The summed E-state index contributed by atoms with van der Waals surface area (Å²) >= 11 is 0. The standard InChI is InChI=1S/C11H11BO/c1-7-2-4-9-8(6-7)3-5-10(13)11(9)12/h2-6,13H,12H2,1H3. The van der Waals surface area contributed by atoms with E-state index in [1.165, 1.54) is 10.9 Å². The average molecular weight is 170 g/mol. The van der Waals surface area contributed by atoms with E-state index in [-0.39, 0.29) is 0 Å². The van der Waals surface area contributed by atoms with Crippen LogP contribution in [0, 0.1) is 6.92 Å². The van der Waals surface area contributed by atoms with Gasteiger partial charge in [-0.2, -0.15) is 0 Å². The van der Waals surface area contributed by atoms with Crippen molar-refractivity contribution in [1.82, 2.24) is 0 Å². The van der Waals surface area contributed by atoms with E-state index in [4.69, 9.17) is 0 Å². The summed E-state index contributed by atoms with van der Waals surface area (Å²) in [6.45, 7) is 2.07. The normalized spacial score (nSPS) is 10.5. The van der Waals surface area contributed by atoms with Crippen LogP contribution in [0.1, 0.15) is 5.56 Å². The number of aromatic hydroxyl groups is 1. The molecular formula is C11H11BO. The fraction of sp³-hybridized carbons (Fsp3) is 0.0909. The molecule has 0 saturated carbocycles. The van der Waals surface area contributed by atoms with Crippen molar-refractivity contribution in [2.45, 2.75) is 6.92 Å². The zero-order valence-corrected chi connectivity index (χ0v) is 7.83. The number of benzene rings is 2. The number of phenols is 1. The second-order valence-electron chi connectivity index (χ2n) is 3.43. The molecule has 0 atom stereocenters. The van der Waals surface area contributed by atoms with Gasteiger partial charge in [0, 0.05) is 0 Å². The molecule has 64 valence electrons. The van der Waals surface area contributed by atoms with Crippen molar-refractivity contribution < 1.29 is 5.11 Å². The van der Waals surface area contributed by atoms with Crippen LogP contribution in [0.3, 0.4) is 0 Å². The molecule has 0 heterocycles. The smallest absolute Gasteiger partial charge is 0.145 e. The molecule has 0 amide bonds. The van der Waals surface area contributed by atoms with Crippen LogP contribution in [-0.2, 0) is 0 Å². The summed E-state index contributed by atoms with van der Waals surface area (Å²) in [7, 11) is 1.94. The third-order valence-electron chi connectivity index (χ3n) is 2.42. The summed E-state index contributed by atoms with van der Waals surface area (Å²) in [5, 5.41) is 11.8. The molecule has 0 unspecified atom stereocenters. The number of hydrogen-bond donors (Lipinski definition) is 1. The number of phenolic OH excluding ortho intramolecular Hbond substituents is 1. The van der Waals surface area contributed by atoms with Gasteiger partial charge in [-0.25, -0.2) is 0 Å². The topological polar surface area (TPSA) is 20.2 Å². The fourth-order valence-electron chi connectivity index (χ4n) is 1.59. The van der Waals surface area contributed by atoms with Gasteiger partial charge >= 0.3 is 0 Å². The zero-order chi connectivity index (χ0) is 9.42. The highest BCUT2D eigenvalue weighted by Crippen LogP contribution is 2.17. The van der Waals surface area contributed by atoms with Crippen LogP contribution >= 0.6 is 0 Å². The second-order valence-corrected chi connectivity index (χ2v) is 3.43. The Kier molecular flexibility index (Phi) is 1.76. The molecule has 0 aliphatic heterocycles. The van der Waals surface area contributed by atoms with E-state index in [2.05, 4.69) is 25.1 Å². The molecule has 0 aliphatic rings. The highest BCUT2D eigenvalue weighted by molar-refractivity contribution is 6.40. The number of aryl methyl sites for hydroxylation is 1. The first-order valence-electron chi connectivity index (χ1n) is 4.37. The number of hydrogen-bond acceptors (Lipinski definition) is 1. The predicted octanol–water partition coefficient (Wildman–Crippen LogP) is 1.11. The molecule has 0 radical (unpaired) electrons. The van der Waals surface area contributed by atoms with Crippen molar-refractivity contribution in [2.24, 2.45) is 0 Å². The first-order valence-corrected chi connectivity index (χ1v) is 4.37. The first kappa shape index (κ1) is 8.18. The van der Waals surface area contributed by atoms with E-state index in [9.17, 15) is 5.11 Å². The monoisotopic (exact) mass is 170 g/mol. The van der Waals surface area contributed by atoms with E-state index < -0.39 is 0 Å². The van der Waals surface area contributed by atoms with E-state index in [1.54, 1.807) is 6.07 Å². The Bertz CT molecular complexity index is 463. The highest BCUT2D eigenvalue weighted by Gasteiger charge is 2.00. The van der Waals surface area contributed by atoms with Crippen molar-refractivity contribution in [2.75, 3.05) is 0 Å². The number of rotatable bonds is 0. The second kappa shape index (κ2) is 2.80. The molecule has 13 heavy (non-hydrogen) atoms. The third kappa shape index (κ3) is 1.28. The van der Waals surface area contributed by atoms with Gasteiger partial charge in [0.1, 0.15) is 13.6 Å². The van der Waals surface area contributed by atoms with Gasteiger partial charge in [-0.3, -0.25) is 0 Å². The van der Waals surface area contributed by atoms with Crippen LogP contribution in [0.4, 0.5) is 0 Å². The van der Waals surface area contributed by atoms with Gasteiger partial charge < -0.3 is 5.11 Å². The summed E-state index contributed by atoms with van der Waals surface area (Å²) < 4.78 is 0. The lowest BCUT2D eigenvalue weighted by molar-refractivity contribution is 0.480. The van der Waals surface area contributed by atoms with Gasteiger partial charge in [-0.05, 0) is 29.2 Å². The number of fused-ring (bicyclic) bond motifs is 1. The minimum absolute atomic E-state index is 0.372. The maximum absolute atomic E-state index is 9.49. The van der Waals surface area contributed by atoms with Crippen LogP contribution in [0.2, 0.25) is 0 Å². The Balaban J connectivity index is 2.87. The zero-order valence-electron chi connectivity index (χ0n) is 7.83. The Morgan fingerprint density at radius 1 is 1.15 bits per heavy atom. The Morgan fingerprint density at radius 2 is 1.92 bits per heavy atom. The van der Waals surface area contributed by atoms with Gasteiger partial charge in [0.25, 0.3) is 0 Å². The largest absolute Gasteiger partial charge is 0.509 e. The molecule has 2 aromatic rings. The van der Waals surface area contributed by atoms with Gasteiger partial charge in [0.2, 0.25) is 0 Å². The van der Waals surface area contributed by atoms with E-state index in [0.29, 0.717) is 5.75 Å². The molecule has 2 aromatic carbocycles. The lowest BCUT2D eigenvalue weighted by Crippen LogP contribution is -2.04. The van der Waals surface area contributed by atoms with Crippen LogP contribution in [0.25, 0.3) is 10.8 Å². The van der Waals surface area contributed by atoms with E-state index in [0.717, 1.165) is 10.8 Å². The van der Waals surface area contributed by atoms with Gasteiger partial charge in [0.05, 0.1) is 0 Å². The molecule has 1 N–H and O–H groups in total. The van der Waals surface area contributed by atoms with Crippen LogP contribution < -0.4 is 5.46 Å². The summed E-state index contributed by atoms with van der Waals surface area (Å²) in [4.78, 5) is 0. The lowest BCUT2D eigenvalue weighted by atomic mass is 9.88. The summed E-state index contributed by atoms with van der Waals surface area (Å²) in [6.07, 6.45) is 0. The summed E-state index contributed by atoms with van der Waals surface area (Å²) in [5.41, 5.74) is 2.20. The first-order chi connectivity index (χ1) is 6.18.